The number of nitrogens with two attached hydrogens (primary N) is 1. The first kappa shape index (κ1) is 17.4. The highest BCUT2D eigenvalue weighted by atomic mass is 35.5. The largest absolute Gasteiger partial charge is 0.337 e. The summed E-state index contributed by atoms with van der Waals surface area (Å²) in [7, 11) is 0. The van der Waals surface area contributed by atoms with Gasteiger partial charge in [-0.15, -0.1) is 12.4 Å². The molecule has 3 rings (SSSR count). The first-order valence-electron chi connectivity index (χ1n) is 6.87. The van der Waals surface area contributed by atoms with E-state index >= 15 is 0 Å². The van der Waals surface area contributed by atoms with Crippen LogP contribution in [0.5, 0.6) is 0 Å². The monoisotopic (exact) mass is 352 g/mol. The Labute approximate surface area is 143 Å². The van der Waals surface area contributed by atoms with E-state index in [1.54, 1.807) is 4.57 Å². The smallest absolute Gasteiger partial charge is 0.308 e. The average Bonchev–Trinajstić information content (AvgIpc) is 3.08. The highest BCUT2D eigenvalue weighted by Gasteiger charge is 2.13. The Bertz CT molecular complexity index is 851. The Hall–Kier alpha value is -1.96. The van der Waals surface area contributed by atoms with E-state index in [1.807, 2.05) is 38.1 Å². The average molecular weight is 353 g/mol. The molecular formula is C15H17ClN4O2S. The molecule has 0 radical (unpaired) electrons. The third-order valence-corrected chi connectivity index (χ3v) is 4.58. The molecule has 0 aliphatic carbocycles. The molecule has 3 aromatic rings. The number of rotatable bonds is 4. The van der Waals surface area contributed by atoms with Crippen molar-refractivity contribution < 1.29 is 4.52 Å². The van der Waals surface area contributed by atoms with Gasteiger partial charge in [-0.05, 0) is 19.4 Å². The highest BCUT2D eigenvalue weighted by molar-refractivity contribution is 7.09. The Kier molecular flexibility index (Phi) is 5.35. The van der Waals surface area contributed by atoms with Gasteiger partial charge in [0.05, 0.1) is 0 Å². The fourth-order valence-corrected chi connectivity index (χ4v) is 2.96. The minimum atomic E-state index is -0.0120. The van der Waals surface area contributed by atoms with Gasteiger partial charge >= 0.3 is 4.87 Å². The van der Waals surface area contributed by atoms with Crippen LogP contribution in [0.25, 0.3) is 11.4 Å². The van der Waals surface area contributed by atoms with E-state index in [2.05, 4.69) is 10.1 Å². The van der Waals surface area contributed by atoms with Crippen molar-refractivity contribution >= 4 is 23.7 Å². The van der Waals surface area contributed by atoms with E-state index < -0.39 is 0 Å². The second kappa shape index (κ2) is 7.08. The van der Waals surface area contributed by atoms with E-state index in [0.29, 0.717) is 24.8 Å². The molecule has 2 aromatic heterocycles. The maximum Gasteiger partial charge on any atom is 0.308 e. The van der Waals surface area contributed by atoms with Gasteiger partial charge in [0.15, 0.2) is 0 Å². The molecule has 0 aliphatic rings. The summed E-state index contributed by atoms with van der Waals surface area (Å²) in [5.41, 5.74) is 8.41. The van der Waals surface area contributed by atoms with Crippen LogP contribution in [0.15, 0.2) is 33.6 Å². The van der Waals surface area contributed by atoms with Crippen LogP contribution in [-0.2, 0) is 13.1 Å². The number of aryl methyl sites for hydroxylation is 1. The van der Waals surface area contributed by atoms with Gasteiger partial charge in [-0.1, -0.05) is 40.8 Å². The molecule has 0 aliphatic heterocycles. The Morgan fingerprint density at radius 3 is 2.52 bits per heavy atom. The zero-order valence-corrected chi connectivity index (χ0v) is 14.4. The normalized spacial score (nSPS) is 10.6. The predicted molar refractivity (Wildman–Crippen MR) is 92.0 cm³/mol. The summed E-state index contributed by atoms with van der Waals surface area (Å²) in [4.78, 5) is 17.2. The molecule has 1 aromatic carbocycles. The topological polar surface area (TPSA) is 86.9 Å². The molecule has 0 atom stereocenters. The van der Waals surface area contributed by atoms with Crippen molar-refractivity contribution in [2.24, 2.45) is 5.73 Å². The van der Waals surface area contributed by atoms with Gasteiger partial charge in [0.1, 0.15) is 6.54 Å². The predicted octanol–water partition coefficient (Wildman–Crippen LogP) is 2.51. The Balaban J connectivity index is 0.00000192. The highest BCUT2D eigenvalue weighted by Crippen LogP contribution is 2.17. The summed E-state index contributed by atoms with van der Waals surface area (Å²) in [5.74, 6) is 0.928. The zero-order chi connectivity index (χ0) is 15.7. The van der Waals surface area contributed by atoms with Crippen molar-refractivity contribution in [1.82, 2.24) is 14.7 Å². The number of halogens is 1. The maximum absolute atomic E-state index is 11.9. The van der Waals surface area contributed by atoms with Crippen LogP contribution in [0.3, 0.4) is 0 Å². The molecule has 0 fully saturated rings. The molecule has 2 N–H and O–H groups in total. The second-order valence-corrected chi connectivity index (χ2v) is 6.17. The van der Waals surface area contributed by atoms with Crippen LogP contribution >= 0.6 is 23.7 Å². The van der Waals surface area contributed by atoms with E-state index in [9.17, 15) is 4.79 Å². The standard InChI is InChI=1S/C15H16N4O2S.ClH/c1-9-10(2)22-15(20)19(9)8-13-17-14(18-21-13)12-5-3-11(7-16)4-6-12;/h3-6H,7-8,16H2,1-2H3;1H. The lowest BCUT2D eigenvalue weighted by Gasteiger charge is -2.00. The van der Waals surface area contributed by atoms with Gasteiger partial charge < -0.3 is 10.3 Å². The third-order valence-electron chi connectivity index (χ3n) is 3.58. The van der Waals surface area contributed by atoms with E-state index in [0.717, 1.165) is 21.7 Å². The van der Waals surface area contributed by atoms with Gasteiger partial charge in [0, 0.05) is 22.7 Å². The van der Waals surface area contributed by atoms with Crippen molar-refractivity contribution in [1.29, 1.82) is 0 Å². The Morgan fingerprint density at radius 2 is 1.96 bits per heavy atom. The van der Waals surface area contributed by atoms with Crippen LogP contribution < -0.4 is 10.6 Å². The van der Waals surface area contributed by atoms with Crippen LogP contribution in [0.2, 0.25) is 0 Å². The minimum Gasteiger partial charge on any atom is -0.337 e. The number of benzene rings is 1. The minimum absolute atomic E-state index is 0. The summed E-state index contributed by atoms with van der Waals surface area (Å²) < 4.78 is 6.91. The van der Waals surface area contributed by atoms with Gasteiger partial charge in [0.25, 0.3) is 0 Å². The van der Waals surface area contributed by atoms with Crippen LogP contribution in [0.1, 0.15) is 22.0 Å². The van der Waals surface area contributed by atoms with Crippen LogP contribution in [0, 0.1) is 13.8 Å². The van der Waals surface area contributed by atoms with Crippen molar-refractivity contribution in [2.45, 2.75) is 26.9 Å². The number of hydrogen-bond donors (Lipinski definition) is 1. The van der Waals surface area contributed by atoms with Crippen LogP contribution in [0.4, 0.5) is 0 Å². The third kappa shape index (κ3) is 3.52. The molecule has 23 heavy (non-hydrogen) atoms. The summed E-state index contributed by atoms with van der Waals surface area (Å²) in [6.07, 6.45) is 0. The van der Waals surface area contributed by atoms with E-state index in [-0.39, 0.29) is 17.3 Å². The van der Waals surface area contributed by atoms with E-state index in [4.69, 9.17) is 10.3 Å². The molecule has 0 spiro atoms. The lowest BCUT2D eigenvalue weighted by Crippen LogP contribution is -2.15. The van der Waals surface area contributed by atoms with Gasteiger partial charge in [-0.25, -0.2) is 0 Å². The summed E-state index contributed by atoms with van der Waals surface area (Å²) in [5, 5.41) is 3.97. The molecule has 0 saturated carbocycles. The SMILES string of the molecule is Cc1sc(=O)n(Cc2nc(-c3ccc(CN)cc3)no2)c1C.Cl. The lowest BCUT2D eigenvalue weighted by atomic mass is 10.1. The zero-order valence-electron chi connectivity index (χ0n) is 12.8. The molecule has 122 valence electrons. The molecule has 0 amide bonds. The number of nitrogens with zero attached hydrogens (tertiary/aromatic N) is 3. The van der Waals surface area contributed by atoms with Crippen molar-refractivity contribution in [2.75, 3.05) is 0 Å². The molecule has 6 nitrogen and oxygen atoms in total. The maximum atomic E-state index is 11.9. The number of hydrogen-bond acceptors (Lipinski definition) is 6. The summed E-state index contributed by atoms with van der Waals surface area (Å²) >= 11 is 1.23. The van der Waals surface area contributed by atoms with Crippen molar-refractivity contribution in [3.63, 3.8) is 0 Å². The van der Waals surface area contributed by atoms with Gasteiger partial charge in [-0.3, -0.25) is 9.36 Å². The van der Waals surface area contributed by atoms with Gasteiger partial charge in [-0.2, -0.15) is 4.98 Å². The molecule has 0 saturated heterocycles. The molecule has 0 unspecified atom stereocenters. The van der Waals surface area contributed by atoms with Gasteiger partial charge in [0.2, 0.25) is 11.7 Å². The first-order valence-corrected chi connectivity index (χ1v) is 7.69. The summed E-state index contributed by atoms with van der Waals surface area (Å²) in [6, 6.07) is 7.68. The molecule has 2 heterocycles. The van der Waals surface area contributed by atoms with Crippen molar-refractivity contribution in [3.8, 4) is 11.4 Å². The number of thiazole rings is 1. The second-order valence-electron chi connectivity index (χ2n) is 5.01. The molecular weight excluding hydrogens is 336 g/mol. The first-order chi connectivity index (χ1) is 10.6. The van der Waals surface area contributed by atoms with E-state index in [1.165, 1.54) is 11.3 Å². The summed E-state index contributed by atoms with van der Waals surface area (Å²) in [6.45, 7) is 4.63. The number of aromatic nitrogens is 3. The quantitative estimate of drug-likeness (QED) is 0.779. The Morgan fingerprint density at radius 1 is 1.26 bits per heavy atom. The molecule has 0 bridgehead atoms. The lowest BCUT2D eigenvalue weighted by molar-refractivity contribution is 0.370. The fourth-order valence-electron chi connectivity index (χ4n) is 2.13. The van der Waals surface area contributed by atoms with Crippen LogP contribution in [-0.4, -0.2) is 14.7 Å². The molecule has 8 heteroatoms. The fraction of sp³-hybridized carbons (Fsp3) is 0.267. The van der Waals surface area contributed by atoms with Crippen molar-refractivity contribution in [3.05, 3.63) is 56.0 Å².